The van der Waals surface area contributed by atoms with Gasteiger partial charge in [0.1, 0.15) is 0 Å². The highest BCUT2D eigenvalue weighted by atomic mass is 14.0. The van der Waals surface area contributed by atoms with E-state index < -0.39 is 0 Å². The van der Waals surface area contributed by atoms with Crippen molar-refractivity contribution in [2.24, 2.45) is 0 Å². The number of allylic oxidation sites excluding steroid dienone is 4. The maximum atomic E-state index is 6.99. The SMILES string of the molecule is [2H]C1=C([2H])C(=C)C1=C. The molecule has 1 aliphatic rings. The van der Waals surface area contributed by atoms with Crippen molar-refractivity contribution in [3.63, 3.8) is 0 Å². The van der Waals surface area contributed by atoms with Gasteiger partial charge in [0.25, 0.3) is 0 Å². The third-order valence-corrected chi connectivity index (χ3v) is 0.729. The first-order chi connectivity index (χ1) is 3.64. The van der Waals surface area contributed by atoms with E-state index in [2.05, 4.69) is 13.2 Å². The molecule has 0 aromatic heterocycles. The average molecular weight is 80.1 g/mol. The van der Waals surface area contributed by atoms with Crippen LogP contribution in [0.5, 0.6) is 0 Å². The fraction of sp³-hybridized carbons (Fsp3) is 0. The van der Waals surface area contributed by atoms with Gasteiger partial charge in [-0.1, -0.05) is 25.3 Å². The largest absolute Gasteiger partial charge is 0.0912 e. The van der Waals surface area contributed by atoms with Crippen LogP contribution in [0.2, 0.25) is 0 Å². The summed E-state index contributed by atoms with van der Waals surface area (Å²) in [7, 11) is 0. The van der Waals surface area contributed by atoms with Crippen LogP contribution in [0.3, 0.4) is 0 Å². The lowest BCUT2D eigenvalue weighted by molar-refractivity contribution is 1.50. The highest BCUT2D eigenvalue weighted by Crippen LogP contribution is 2.17. The van der Waals surface area contributed by atoms with Crippen molar-refractivity contribution in [3.8, 4) is 0 Å². The highest BCUT2D eigenvalue weighted by Gasteiger charge is 1.98. The Morgan fingerprint density at radius 2 is 1.67 bits per heavy atom. The fourth-order valence-corrected chi connectivity index (χ4v) is 0.239. The van der Waals surface area contributed by atoms with Crippen molar-refractivity contribution >= 4 is 0 Å². The van der Waals surface area contributed by atoms with Gasteiger partial charge in [-0.2, -0.15) is 0 Å². The van der Waals surface area contributed by atoms with Gasteiger partial charge in [-0.25, -0.2) is 0 Å². The van der Waals surface area contributed by atoms with Crippen LogP contribution < -0.4 is 0 Å². The van der Waals surface area contributed by atoms with Gasteiger partial charge in [-0.15, -0.1) is 0 Å². The predicted octanol–water partition coefficient (Wildman–Crippen LogP) is 1.67. The third-order valence-electron chi connectivity index (χ3n) is 0.729. The maximum Gasteiger partial charge on any atom is 0.0629 e. The summed E-state index contributed by atoms with van der Waals surface area (Å²) in [6, 6.07) is 0.463. The molecule has 0 heteroatoms. The lowest BCUT2D eigenvalue weighted by atomic mass is 10.00. The third kappa shape index (κ3) is 0.235. The molecule has 0 saturated heterocycles. The Labute approximate surface area is 40.3 Å². The number of rotatable bonds is 0. The molecule has 0 amide bonds. The van der Waals surface area contributed by atoms with E-state index in [1.54, 1.807) is 0 Å². The van der Waals surface area contributed by atoms with Gasteiger partial charge in [0.15, 0.2) is 0 Å². The zero-order valence-corrected chi connectivity index (χ0v) is 3.41. The van der Waals surface area contributed by atoms with E-state index >= 15 is 0 Å². The van der Waals surface area contributed by atoms with Gasteiger partial charge in [0.2, 0.25) is 0 Å². The summed E-state index contributed by atoms with van der Waals surface area (Å²) in [5.41, 5.74) is 1.21. The zero-order chi connectivity index (χ0) is 6.31. The van der Waals surface area contributed by atoms with Gasteiger partial charge < -0.3 is 0 Å². The molecule has 0 unspecified atom stereocenters. The molecule has 0 bridgehead atoms. The van der Waals surface area contributed by atoms with Crippen molar-refractivity contribution in [3.05, 3.63) is 36.4 Å². The number of hydrogen-bond acceptors (Lipinski definition) is 0. The molecule has 0 radical (unpaired) electrons. The van der Waals surface area contributed by atoms with E-state index in [0.717, 1.165) is 0 Å². The summed E-state index contributed by atoms with van der Waals surface area (Å²) >= 11 is 0. The minimum absolute atomic E-state index is 0.231. The first-order valence-electron chi connectivity index (χ1n) is 2.71. The Morgan fingerprint density at radius 3 is 1.83 bits per heavy atom. The summed E-state index contributed by atoms with van der Waals surface area (Å²) in [6.45, 7) is 7.02. The summed E-state index contributed by atoms with van der Waals surface area (Å²) in [4.78, 5) is 0. The van der Waals surface area contributed by atoms with Crippen LogP contribution in [-0.4, -0.2) is 0 Å². The smallest absolute Gasteiger partial charge is 0.0629 e. The van der Waals surface area contributed by atoms with E-state index in [4.69, 9.17) is 2.74 Å². The highest BCUT2D eigenvalue weighted by molar-refractivity contribution is 5.53. The Bertz CT molecular complexity index is 177. The fourth-order valence-electron chi connectivity index (χ4n) is 0.239. The Morgan fingerprint density at radius 1 is 1.33 bits per heavy atom. The average Bonchev–Trinajstić information content (AvgIpc) is 1.83. The summed E-state index contributed by atoms with van der Waals surface area (Å²) in [5.74, 6) is 0. The van der Waals surface area contributed by atoms with Crippen molar-refractivity contribution in [1.29, 1.82) is 0 Å². The molecule has 1 aliphatic carbocycles. The van der Waals surface area contributed by atoms with E-state index in [1.165, 1.54) is 0 Å². The molecule has 0 nitrogen and oxygen atoms in total. The molecular formula is C6H6. The lowest BCUT2D eigenvalue weighted by Crippen LogP contribution is -1.86. The minimum Gasteiger partial charge on any atom is -0.0912 e. The molecule has 0 aromatic rings. The predicted molar refractivity (Wildman–Crippen MR) is 27.4 cm³/mol. The standard InChI is InChI=1S/C6H6/c1-5-3-4-6(5)2/h3-4H,1-2H2/i3D,4D. The second kappa shape index (κ2) is 0.839. The number of hydrogen-bond donors (Lipinski definition) is 0. The van der Waals surface area contributed by atoms with Crippen LogP contribution >= 0.6 is 0 Å². The molecule has 0 aliphatic heterocycles. The van der Waals surface area contributed by atoms with Gasteiger partial charge >= 0.3 is 0 Å². The van der Waals surface area contributed by atoms with Crippen LogP contribution in [0, 0.1) is 0 Å². The van der Waals surface area contributed by atoms with Crippen LogP contribution in [0.1, 0.15) is 2.74 Å². The molecular weight excluding hydrogens is 72.1 g/mol. The summed E-state index contributed by atoms with van der Waals surface area (Å²) < 4.78 is 14.0. The van der Waals surface area contributed by atoms with Crippen LogP contribution in [0.4, 0.5) is 0 Å². The molecule has 1 rings (SSSR count). The molecule has 0 aromatic carbocycles. The summed E-state index contributed by atoms with van der Waals surface area (Å²) in [6.07, 6.45) is 0. The summed E-state index contributed by atoms with van der Waals surface area (Å²) in [5, 5.41) is 0. The van der Waals surface area contributed by atoms with Crippen LogP contribution in [0.25, 0.3) is 0 Å². The molecule has 0 atom stereocenters. The minimum atomic E-state index is 0.231. The Hall–Kier alpha value is -0.780. The van der Waals surface area contributed by atoms with Gasteiger partial charge in [-0.05, 0) is 11.1 Å². The van der Waals surface area contributed by atoms with Gasteiger partial charge in [0, 0.05) is 0 Å². The molecule has 0 spiro atoms. The second-order valence-electron chi connectivity index (χ2n) is 1.21. The first kappa shape index (κ1) is 1.78. The lowest BCUT2D eigenvalue weighted by Gasteiger charge is -2.05. The van der Waals surface area contributed by atoms with Crippen molar-refractivity contribution in [1.82, 2.24) is 0 Å². The zero-order valence-electron chi connectivity index (χ0n) is 5.41. The maximum absolute atomic E-state index is 6.99. The molecule has 0 N–H and O–H groups in total. The monoisotopic (exact) mass is 80.1 g/mol. The normalized spacial score (nSPS) is 26.0. The Balaban J connectivity index is 3.08. The van der Waals surface area contributed by atoms with Crippen molar-refractivity contribution in [2.45, 2.75) is 0 Å². The van der Waals surface area contributed by atoms with Crippen LogP contribution in [0.15, 0.2) is 36.4 Å². The van der Waals surface area contributed by atoms with Crippen LogP contribution in [-0.2, 0) is 0 Å². The van der Waals surface area contributed by atoms with Gasteiger partial charge in [0.05, 0.1) is 2.74 Å². The molecule has 0 heterocycles. The van der Waals surface area contributed by atoms with E-state index in [-0.39, 0.29) is 12.1 Å². The molecule has 0 saturated carbocycles. The topological polar surface area (TPSA) is 0 Å². The quantitative estimate of drug-likeness (QED) is 0.415. The molecule has 6 heavy (non-hydrogen) atoms. The molecule has 30 valence electrons. The Kier molecular flexibility index (Phi) is 0.249. The van der Waals surface area contributed by atoms with E-state index in [9.17, 15) is 0 Å². The second-order valence-corrected chi connectivity index (χ2v) is 1.21. The van der Waals surface area contributed by atoms with E-state index in [1.807, 2.05) is 0 Å². The van der Waals surface area contributed by atoms with Gasteiger partial charge in [-0.3, -0.25) is 0 Å². The van der Waals surface area contributed by atoms with Crippen molar-refractivity contribution < 1.29 is 2.74 Å². The molecule has 0 fully saturated rings. The van der Waals surface area contributed by atoms with Crippen molar-refractivity contribution in [2.75, 3.05) is 0 Å². The van der Waals surface area contributed by atoms with E-state index in [0.29, 0.717) is 11.1 Å². The first-order valence-corrected chi connectivity index (χ1v) is 1.71.